The second kappa shape index (κ2) is 9.09. The molecule has 4 aromatic rings. The minimum absolute atomic E-state index is 0.0499. The summed E-state index contributed by atoms with van der Waals surface area (Å²) in [6.07, 6.45) is 2.23. The molecule has 0 spiro atoms. The van der Waals surface area contributed by atoms with E-state index >= 15 is 0 Å². The van der Waals surface area contributed by atoms with Crippen molar-refractivity contribution in [3.05, 3.63) is 114 Å². The van der Waals surface area contributed by atoms with E-state index in [0.29, 0.717) is 20.5 Å². The van der Waals surface area contributed by atoms with Gasteiger partial charge in [0.05, 0.1) is 15.8 Å². The molecule has 0 unspecified atom stereocenters. The number of benzene rings is 3. The lowest BCUT2D eigenvalue weighted by molar-refractivity contribution is 0.104. The van der Waals surface area contributed by atoms with Crippen LogP contribution in [0, 0.1) is 6.92 Å². The van der Waals surface area contributed by atoms with Crippen molar-refractivity contribution in [2.24, 2.45) is 0 Å². The topological polar surface area (TPSA) is 81.4 Å². The highest BCUT2D eigenvalue weighted by atomic mass is 79.9. The largest absolute Gasteiger partial charge is 0.463 e. The first-order valence-corrected chi connectivity index (χ1v) is 12.4. The molecule has 0 saturated heterocycles. The second-order valence-electron chi connectivity index (χ2n) is 7.32. The van der Waals surface area contributed by atoms with Crippen LogP contribution in [0.25, 0.3) is 17.0 Å². The third kappa shape index (κ3) is 4.71. The quantitative estimate of drug-likeness (QED) is 0.221. The molecule has 0 bridgehead atoms. The molecule has 1 heterocycles. The molecule has 1 aromatic heterocycles. The van der Waals surface area contributed by atoms with Crippen molar-refractivity contribution < 1.29 is 17.6 Å². The second-order valence-corrected chi connectivity index (χ2v) is 10.6. The smallest absolute Gasteiger partial charge is 0.210 e. The molecule has 0 amide bonds. The van der Waals surface area contributed by atoms with E-state index in [4.69, 9.17) is 16.0 Å². The molecule has 5 nitrogen and oxygen atoms in total. The normalized spacial score (nSPS) is 12.2. The van der Waals surface area contributed by atoms with Crippen LogP contribution in [0.3, 0.4) is 0 Å². The highest BCUT2D eigenvalue weighted by molar-refractivity contribution is 9.10. The summed E-state index contributed by atoms with van der Waals surface area (Å²) in [7, 11) is -4.27. The Kier molecular flexibility index (Phi) is 6.38. The van der Waals surface area contributed by atoms with Gasteiger partial charge in [-0.05, 0) is 73.7 Å². The van der Waals surface area contributed by atoms with Gasteiger partial charge in [-0.3, -0.25) is 9.59 Å². The fourth-order valence-corrected chi connectivity index (χ4v) is 5.03. The molecule has 0 fully saturated rings. The molecule has 166 valence electrons. The van der Waals surface area contributed by atoms with Gasteiger partial charge in [-0.1, -0.05) is 39.2 Å². The summed E-state index contributed by atoms with van der Waals surface area (Å²) in [5.41, 5.74) is 0.839. The predicted octanol–water partition coefficient (Wildman–Crippen LogP) is 6.22. The average molecular weight is 544 g/mol. The number of hydrogen-bond donors (Lipinski definition) is 0. The van der Waals surface area contributed by atoms with Crippen molar-refractivity contribution in [1.29, 1.82) is 0 Å². The number of carbonyl (C=O) groups excluding carboxylic acids is 1. The number of rotatable bonds is 5. The van der Waals surface area contributed by atoms with Gasteiger partial charge < -0.3 is 4.42 Å². The van der Waals surface area contributed by atoms with Gasteiger partial charge >= 0.3 is 0 Å². The standard InChI is InChI=1S/C25H16BrClO5S/c1-15-2-11-22-21(12-15)24(28)17(14-32-22)13-23(25(29)16-3-7-19(27)8-4-16)33(30,31)20-9-5-18(26)6-10-20/h2-14H,1H3/b23-13+. The molecule has 33 heavy (non-hydrogen) atoms. The molecule has 0 aliphatic rings. The minimum atomic E-state index is -4.27. The fourth-order valence-electron chi connectivity index (χ4n) is 3.25. The lowest BCUT2D eigenvalue weighted by atomic mass is 10.1. The number of sulfone groups is 1. The summed E-state index contributed by atoms with van der Waals surface area (Å²) in [5, 5.41) is 0.696. The van der Waals surface area contributed by atoms with Gasteiger partial charge in [-0.15, -0.1) is 0 Å². The maximum atomic E-state index is 13.5. The zero-order valence-corrected chi connectivity index (χ0v) is 20.4. The zero-order valence-electron chi connectivity index (χ0n) is 17.2. The molecule has 0 aliphatic carbocycles. The predicted molar refractivity (Wildman–Crippen MR) is 132 cm³/mol. The van der Waals surface area contributed by atoms with E-state index in [0.717, 1.165) is 17.9 Å². The molecular formula is C25H16BrClO5S. The van der Waals surface area contributed by atoms with E-state index in [9.17, 15) is 18.0 Å². The summed E-state index contributed by atoms with van der Waals surface area (Å²) < 4.78 is 33.2. The first-order valence-electron chi connectivity index (χ1n) is 9.71. The lowest BCUT2D eigenvalue weighted by Crippen LogP contribution is -2.16. The molecule has 8 heteroatoms. The Morgan fingerprint density at radius 3 is 2.33 bits per heavy atom. The van der Waals surface area contributed by atoms with Crippen molar-refractivity contribution in [3.8, 4) is 0 Å². The van der Waals surface area contributed by atoms with Crippen LogP contribution in [-0.4, -0.2) is 14.2 Å². The van der Waals surface area contributed by atoms with Crippen LogP contribution in [0.1, 0.15) is 21.5 Å². The maximum Gasteiger partial charge on any atom is 0.210 e. The first kappa shape index (κ1) is 23.2. The minimum Gasteiger partial charge on any atom is -0.463 e. The van der Waals surface area contributed by atoms with Crippen molar-refractivity contribution in [3.63, 3.8) is 0 Å². The number of allylic oxidation sites excluding steroid dienone is 1. The summed E-state index contributed by atoms with van der Waals surface area (Å²) in [5.74, 6) is -0.765. The van der Waals surface area contributed by atoms with E-state index in [1.165, 1.54) is 36.4 Å². The number of ketones is 1. The van der Waals surface area contributed by atoms with Crippen molar-refractivity contribution >= 4 is 60.2 Å². The fraction of sp³-hybridized carbons (Fsp3) is 0.0400. The summed E-state index contributed by atoms with van der Waals surface area (Å²) in [6.45, 7) is 1.83. The Labute approximate surface area is 203 Å². The van der Waals surface area contributed by atoms with Crippen LogP contribution in [0.4, 0.5) is 0 Å². The third-order valence-electron chi connectivity index (χ3n) is 4.98. The average Bonchev–Trinajstić information content (AvgIpc) is 2.79. The molecule has 0 atom stereocenters. The number of carbonyl (C=O) groups is 1. The Bertz CT molecular complexity index is 1570. The Morgan fingerprint density at radius 1 is 1.00 bits per heavy atom. The van der Waals surface area contributed by atoms with E-state index in [1.54, 1.807) is 30.3 Å². The molecule has 0 N–H and O–H groups in total. The number of fused-ring (bicyclic) bond motifs is 1. The van der Waals surface area contributed by atoms with Gasteiger partial charge in [0, 0.05) is 15.1 Å². The number of aryl methyl sites for hydroxylation is 1. The van der Waals surface area contributed by atoms with Crippen LogP contribution in [0.2, 0.25) is 5.02 Å². The third-order valence-corrected chi connectivity index (χ3v) is 7.54. The van der Waals surface area contributed by atoms with E-state index in [1.807, 2.05) is 6.92 Å². The Balaban J connectivity index is 1.95. The van der Waals surface area contributed by atoms with Crippen LogP contribution in [0.15, 0.2) is 96.5 Å². The molecule has 4 rings (SSSR count). The van der Waals surface area contributed by atoms with E-state index < -0.39 is 26.0 Å². The van der Waals surface area contributed by atoms with Crippen molar-refractivity contribution in [1.82, 2.24) is 0 Å². The van der Waals surface area contributed by atoms with Crippen molar-refractivity contribution in [2.75, 3.05) is 0 Å². The van der Waals surface area contributed by atoms with Crippen LogP contribution in [-0.2, 0) is 9.84 Å². The monoisotopic (exact) mass is 542 g/mol. The number of hydrogen-bond acceptors (Lipinski definition) is 5. The first-order chi connectivity index (χ1) is 15.7. The lowest BCUT2D eigenvalue weighted by Gasteiger charge is -2.10. The molecule has 3 aromatic carbocycles. The number of Topliss-reactive ketones (excluding diaryl/α,β-unsaturated/α-hetero) is 1. The maximum absolute atomic E-state index is 13.5. The molecule has 0 saturated carbocycles. The molecule has 0 radical (unpaired) electrons. The van der Waals surface area contributed by atoms with Gasteiger partial charge in [0.15, 0.2) is 5.43 Å². The number of halogens is 2. The Hall–Kier alpha value is -3.00. The van der Waals surface area contributed by atoms with E-state index in [2.05, 4.69) is 15.9 Å². The zero-order chi connectivity index (χ0) is 23.8. The van der Waals surface area contributed by atoms with E-state index in [-0.39, 0.29) is 16.0 Å². The van der Waals surface area contributed by atoms with Gasteiger partial charge in [0.2, 0.25) is 15.6 Å². The van der Waals surface area contributed by atoms with Crippen LogP contribution in [0.5, 0.6) is 0 Å². The SMILES string of the molecule is Cc1ccc2occ(/C=C(\C(=O)c3ccc(Cl)cc3)S(=O)(=O)c3ccc(Br)cc3)c(=O)c2c1. The highest BCUT2D eigenvalue weighted by Gasteiger charge is 2.28. The van der Waals surface area contributed by atoms with Gasteiger partial charge in [-0.2, -0.15) is 0 Å². The summed E-state index contributed by atoms with van der Waals surface area (Å²) in [6, 6.07) is 16.9. The van der Waals surface area contributed by atoms with Crippen LogP contribution < -0.4 is 5.43 Å². The van der Waals surface area contributed by atoms with Crippen LogP contribution >= 0.6 is 27.5 Å². The van der Waals surface area contributed by atoms with Gasteiger partial charge in [-0.25, -0.2) is 8.42 Å². The molecule has 0 aliphatic heterocycles. The summed E-state index contributed by atoms with van der Waals surface area (Å²) in [4.78, 5) is 25.8. The summed E-state index contributed by atoms with van der Waals surface area (Å²) >= 11 is 9.18. The molecular weight excluding hydrogens is 528 g/mol. The van der Waals surface area contributed by atoms with Crippen molar-refractivity contribution in [2.45, 2.75) is 11.8 Å². The highest BCUT2D eigenvalue weighted by Crippen LogP contribution is 2.27. The van der Waals surface area contributed by atoms with Gasteiger partial charge in [0.25, 0.3) is 0 Å². The Morgan fingerprint density at radius 2 is 1.67 bits per heavy atom. The van der Waals surface area contributed by atoms with Gasteiger partial charge in [0.1, 0.15) is 16.8 Å².